The molecule has 2 rings (SSSR count). The lowest BCUT2D eigenvalue weighted by Crippen LogP contribution is -2.14. The van der Waals surface area contributed by atoms with Crippen LogP contribution in [0.3, 0.4) is 0 Å². The standard InChI is InChI=1S/C8H11N3S/c9-8(6-1-2-6)10-3-7-4-12-5-11-7/h4-6H,1-3H2,(H2,9,10). The van der Waals surface area contributed by atoms with E-state index in [0.717, 1.165) is 11.5 Å². The van der Waals surface area contributed by atoms with E-state index in [9.17, 15) is 0 Å². The third kappa shape index (κ3) is 1.82. The van der Waals surface area contributed by atoms with E-state index in [-0.39, 0.29) is 0 Å². The Labute approximate surface area is 75.3 Å². The molecular weight excluding hydrogens is 170 g/mol. The van der Waals surface area contributed by atoms with Gasteiger partial charge in [-0.3, -0.25) is 4.99 Å². The van der Waals surface area contributed by atoms with Crippen LogP contribution < -0.4 is 5.73 Å². The number of thiazole rings is 1. The summed E-state index contributed by atoms with van der Waals surface area (Å²) < 4.78 is 0. The van der Waals surface area contributed by atoms with Crippen LogP contribution in [0.1, 0.15) is 18.5 Å². The first-order valence-corrected chi connectivity index (χ1v) is 4.97. The topological polar surface area (TPSA) is 51.3 Å². The van der Waals surface area contributed by atoms with Crippen LogP contribution in [0, 0.1) is 5.92 Å². The highest BCUT2D eigenvalue weighted by atomic mass is 32.1. The third-order valence-electron chi connectivity index (χ3n) is 1.90. The maximum absolute atomic E-state index is 5.72. The maximum Gasteiger partial charge on any atom is 0.0973 e. The second kappa shape index (κ2) is 3.23. The Balaban J connectivity index is 1.91. The fourth-order valence-electron chi connectivity index (χ4n) is 0.996. The zero-order chi connectivity index (χ0) is 8.39. The molecular formula is C8H11N3S. The summed E-state index contributed by atoms with van der Waals surface area (Å²) in [4.78, 5) is 8.39. The van der Waals surface area contributed by atoms with Crippen LogP contribution in [0.2, 0.25) is 0 Å². The van der Waals surface area contributed by atoms with Crippen LogP contribution >= 0.6 is 11.3 Å². The van der Waals surface area contributed by atoms with Crippen molar-refractivity contribution < 1.29 is 0 Å². The maximum atomic E-state index is 5.72. The number of amidine groups is 1. The van der Waals surface area contributed by atoms with E-state index < -0.39 is 0 Å². The Morgan fingerprint density at radius 3 is 3.17 bits per heavy atom. The van der Waals surface area contributed by atoms with E-state index in [2.05, 4.69) is 9.98 Å². The predicted molar refractivity (Wildman–Crippen MR) is 50.2 cm³/mol. The Morgan fingerprint density at radius 1 is 1.75 bits per heavy atom. The minimum atomic E-state index is 0.573. The van der Waals surface area contributed by atoms with Crippen molar-refractivity contribution in [2.75, 3.05) is 0 Å². The molecule has 0 atom stereocenters. The molecule has 1 aliphatic rings. The summed E-state index contributed by atoms with van der Waals surface area (Å²) in [7, 11) is 0. The van der Waals surface area contributed by atoms with E-state index in [1.807, 2.05) is 10.9 Å². The average Bonchev–Trinajstić information content (AvgIpc) is 2.80. The fraction of sp³-hybridized carbons (Fsp3) is 0.500. The summed E-state index contributed by atoms with van der Waals surface area (Å²) in [5.74, 6) is 1.38. The highest BCUT2D eigenvalue weighted by molar-refractivity contribution is 7.07. The van der Waals surface area contributed by atoms with Gasteiger partial charge >= 0.3 is 0 Å². The smallest absolute Gasteiger partial charge is 0.0973 e. The predicted octanol–water partition coefficient (Wildman–Crippen LogP) is 1.41. The lowest BCUT2D eigenvalue weighted by atomic mass is 10.4. The zero-order valence-electron chi connectivity index (χ0n) is 6.73. The number of aromatic nitrogens is 1. The van der Waals surface area contributed by atoms with E-state index in [1.165, 1.54) is 12.8 Å². The molecule has 0 aromatic carbocycles. The van der Waals surface area contributed by atoms with Gasteiger partial charge in [0.05, 0.1) is 23.6 Å². The molecule has 1 aliphatic carbocycles. The van der Waals surface area contributed by atoms with Crippen LogP contribution in [0.4, 0.5) is 0 Å². The molecule has 4 heteroatoms. The first kappa shape index (κ1) is 7.73. The lowest BCUT2D eigenvalue weighted by molar-refractivity contribution is 0.979. The number of nitrogens with two attached hydrogens (primary N) is 1. The Morgan fingerprint density at radius 2 is 2.58 bits per heavy atom. The second-order valence-corrected chi connectivity index (χ2v) is 3.71. The molecule has 0 spiro atoms. The molecule has 0 aliphatic heterocycles. The number of aliphatic imine (C=N–C) groups is 1. The second-order valence-electron chi connectivity index (χ2n) is 3.00. The van der Waals surface area contributed by atoms with Crippen molar-refractivity contribution in [2.45, 2.75) is 19.4 Å². The van der Waals surface area contributed by atoms with Gasteiger partial charge in [-0.1, -0.05) is 0 Å². The van der Waals surface area contributed by atoms with Gasteiger partial charge in [-0.05, 0) is 12.8 Å². The molecule has 2 N–H and O–H groups in total. The first-order chi connectivity index (χ1) is 5.86. The fourth-order valence-corrected chi connectivity index (χ4v) is 1.55. The van der Waals surface area contributed by atoms with Gasteiger partial charge in [0.2, 0.25) is 0 Å². The molecule has 1 heterocycles. The number of nitrogens with zero attached hydrogens (tertiary/aromatic N) is 2. The number of hydrogen-bond acceptors (Lipinski definition) is 3. The summed E-state index contributed by atoms with van der Waals surface area (Å²) >= 11 is 1.59. The molecule has 3 nitrogen and oxygen atoms in total. The highest BCUT2D eigenvalue weighted by Crippen LogP contribution is 2.28. The van der Waals surface area contributed by atoms with E-state index >= 15 is 0 Å². The lowest BCUT2D eigenvalue weighted by Gasteiger charge is -1.94. The SMILES string of the molecule is NC(=NCc1cscn1)C1CC1. The van der Waals surface area contributed by atoms with Gasteiger partial charge in [-0.25, -0.2) is 4.98 Å². The largest absolute Gasteiger partial charge is 0.387 e. The van der Waals surface area contributed by atoms with Crippen LogP contribution in [0.25, 0.3) is 0 Å². The monoisotopic (exact) mass is 181 g/mol. The third-order valence-corrected chi connectivity index (χ3v) is 2.54. The number of rotatable bonds is 3. The van der Waals surface area contributed by atoms with E-state index in [0.29, 0.717) is 12.5 Å². The van der Waals surface area contributed by atoms with Gasteiger partial charge < -0.3 is 5.73 Å². The summed E-state index contributed by atoms with van der Waals surface area (Å²) in [5, 5.41) is 2.00. The normalized spacial score (nSPS) is 18.2. The van der Waals surface area contributed by atoms with Gasteiger partial charge in [-0.15, -0.1) is 11.3 Å². The molecule has 0 unspecified atom stereocenters. The number of hydrogen-bond donors (Lipinski definition) is 1. The molecule has 1 aromatic heterocycles. The van der Waals surface area contributed by atoms with Crippen LogP contribution in [-0.4, -0.2) is 10.8 Å². The van der Waals surface area contributed by atoms with E-state index in [4.69, 9.17) is 5.73 Å². The van der Waals surface area contributed by atoms with Crippen molar-refractivity contribution in [1.82, 2.24) is 4.98 Å². The summed E-state index contributed by atoms with van der Waals surface area (Å²) in [5.41, 5.74) is 8.56. The summed E-state index contributed by atoms with van der Waals surface area (Å²) in [6.45, 7) is 0.645. The molecule has 1 fully saturated rings. The minimum absolute atomic E-state index is 0.573. The van der Waals surface area contributed by atoms with Crippen LogP contribution in [0.5, 0.6) is 0 Å². The van der Waals surface area contributed by atoms with Crippen molar-refractivity contribution in [3.8, 4) is 0 Å². The minimum Gasteiger partial charge on any atom is -0.387 e. The van der Waals surface area contributed by atoms with Crippen LogP contribution in [-0.2, 0) is 6.54 Å². The first-order valence-electron chi connectivity index (χ1n) is 4.03. The Bertz CT molecular complexity index is 275. The molecule has 1 saturated carbocycles. The van der Waals surface area contributed by atoms with Gasteiger partial charge in [-0.2, -0.15) is 0 Å². The zero-order valence-corrected chi connectivity index (χ0v) is 7.55. The van der Waals surface area contributed by atoms with Gasteiger partial charge in [0.1, 0.15) is 0 Å². The van der Waals surface area contributed by atoms with Crippen molar-refractivity contribution in [3.05, 3.63) is 16.6 Å². The van der Waals surface area contributed by atoms with Gasteiger partial charge in [0, 0.05) is 11.3 Å². The molecule has 12 heavy (non-hydrogen) atoms. The molecule has 0 amide bonds. The van der Waals surface area contributed by atoms with Crippen molar-refractivity contribution in [2.24, 2.45) is 16.6 Å². The van der Waals surface area contributed by atoms with Crippen molar-refractivity contribution >= 4 is 17.2 Å². The summed E-state index contributed by atoms with van der Waals surface area (Å²) in [6, 6.07) is 0. The molecule has 1 aromatic rings. The van der Waals surface area contributed by atoms with Gasteiger partial charge in [0.15, 0.2) is 0 Å². The van der Waals surface area contributed by atoms with E-state index in [1.54, 1.807) is 11.3 Å². The highest BCUT2D eigenvalue weighted by Gasteiger charge is 2.25. The molecule has 0 saturated heterocycles. The van der Waals surface area contributed by atoms with Crippen molar-refractivity contribution in [1.29, 1.82) is 0 Å². The van der Waals surface area contributed by atoms with Gasteiger partial charge in [0.25, 0.3) is 0 Å². The quantitative estimate of drug-likeness (QED) is 0.566. The molecule has 0 bridgehead atoms. The average molecular weight is 181 g/mol. The van der Waals surface area contributed by atoms with Crippen LogP contribution in [0.15, 0.2) is 15.9 Å². The molecule has 0 radical (unpaired) electrons. The molecule has 64 valence electrons. The van der Waals surface area contributed by atoms with Crippen molar-refractivity contribution in [3.63, 3.8) is 0 Å². The Kier molecular flexibility index (Phi) is 2.08. The Hall–Kier alpha value is -0.900. The summed E-state index contributed by atoms with van der Waals surface area (Å²) in [6.07, 6.45) is 2.43.